The highest BCUT2D eigenvalue weighted by molar-refractivity contribution is 8.00. The highest BCUT2D eigenvalue weighted by Crippen LogP contribution is 2.37. The molecule has 1 aromatic rings. The van der Waals surface area contributed by atoms with E-state index in [1.165, 1.54) is 17.8 Å². The van der Waals surface area contributed by atoms with E-state index in [0.29, 0.717) is 10.6 Å². The van der Waals surface area contributed by atoms with Crippen LogP contribution in [0.1, 0.15) is 63.2 Å². The molecule has 0 unspecified atom stereocenters. The number of anilines is 1. The fraction of sp³-hybridized carbons (Fsp3) is 0.611. The fourth-order valence-corrected chi connectivity index (χ4v) is 4.68. The standard InChI is InChI=1S/C18H30N2O4S2/c1-4-7-9-20(10-8-5-2)15-12-14(18(21)22)13-16(26(19,23)24)17(15)25-11-6-3/h12-13H,4-11H2,1-3H3,(H,21,22)(H2,19,23,24). The number of primary sulfonamides is 1. The predicted molar refractivity (Wildman–Crippen MR) is 108 cm³/mol. The van der Waals surface area contributed by atoms with Gasteiger partial charge in [-0.1, -0.05) is 33.6 Å². The summed E-state index contributed by atoms with van der Waals surface area (Å²) in [6.45, 7) is 7.70. The van der Waals surface area contributed by atoms with Crippen molar-refractivity contribution < 1.29 is 18.3 Å². The summed E-state index contributed by atoms with van der Waals surface area (Å²) >= 11 is 1.42. The van der Waals surface area contributed by atoms with Crippen molar-refractivity contribution >= 4 is 33.4 Å². The Morgan fingerprint density at radius 2 is 1.69 bits per heavy atom. The minimum absolute atomic E-state index is 0.0529. The number of sulfonamides is 1. The molecule has 0 fully saturated rings. The number of thioether (sulfide) groups is 1. The Hall–Kier alpha value is -1.25. The molecule has 0 aromatic heterocycles. The molecule has 1 aromatic carbocycles. The summed E-state index contributed by atoms with van der Waals surface area (Å²) in [6, 6.07) is 2.76. The molecular formula is C18H30N2O4S2. The third-order valence-corrected chi connectivity index (χ3v) is 6.34. The van der Waals surface area contributed by atoms with Gasteiger partial charge in [-0.3, -0.25) is 0 Å². The molecule has 0 saturated heterocycles. The summed E-state index contributed by atoms with van der Waals surface area (Å²) in [4.78, 5) is 14.1. The molecule has 8 heteroatoms. The topological polar surface area (TPSA) is 101 Å². The zero-order chi connectivity index (χ0) is 19.7. The van der Waals surface area contributed by atoms with Gasteiger partial charge in [-0.25, -0.2) is 18.4 Å². The first-order valence-electron chi connectivity index (χ1n) is 9.08. The smallest absolute Gasteiger partial charge is 0.335 e. The lowest BCUT2D eigenvalue weighted by atomic mass is 10.1. The molecule has 0 bridgehead atoms. The number of hydrogen-bond donors (Lipinski definition) is 2. The second-order valence-electron chi connectivity index (χ2n) is 6.22. The Morgan fingerprint density at radius 1 is 1.12 bits per heavy atom. The summed E-state index contributed by atoms with van der Waals surface area (Å²) in [6.07, 6.45) is 4.77. The number of benzene rings is 1. The minimum Gasteiger partial charge on any atom is -0.478 e. The van der Waals surface area contributed by atoms with Gasteiger partial charge in [-0.05, 0) is 37.1 Å². The first-order chi connectivity index (χ1) is 12.3. The number of aromatic carboxylic acids is 1. The summed E-state index contributed by atoms with van der Waals surface area (Å²) < 4.78 is 24.3. The zero-order valence-corrected chi connectivity index (χ0v) is 17.5. The van der Waals surface area contributed by atoms with Crippen molar-refractivity contribution in [1.82, 2.24) is 0 Å². The van der Waals surface area contributed by atoms with Gasteiger partial charge in [-0.15, -0.1) is 11.8 Å². The van der Waals surface area contributed by atoms with E-state index in [1.807, 2.05) is 6.92 Å². The number of nitrogens with two attached hydrogens (primary N) is 1. The second kappa shape index (κ2) is 10.8. The van der Waals surface area contributed by atoms with Crippen molar-refractivity contribution in [2.24, 2.45) is 5.14 Å². The van der Waals surface area contributed by atoms with E-state index in [1.54, 1.807) is 6.07 Å². The maximum absolute atomic E-state index is 12.1. The Bertz CT molecular complexity index is 697. The lowest BCUT2D eigenvalue weighted by molar-refractivity contribution is 0.0696. The van der Waals surface area contributed by atoms with E-state index < -0.39 is 16.0 Å². The summed E-state index contributed by atoms with van der Waals surface area (Å²) in [5.41, 5.74) is 0.608. The molecule has 0 radical (unpaired) electrons. The van der Waals surface area contributed by atoms with E-state index >= 15 is 0 Å². The van der Waals surface area contributed by atoms with Gasteiger partial charge in [0, 0.05) is 13.1 Å². The Balaban J connectivity index is 3.60. The van der Waals surface area contributed by atoms with Gasteiger partial charge in [0.15, 0.2) is 0 Å². The van der Waals surface area contributed by atoms with Crippen molar-refractivity contribution in [2.75, 3.05) is 23.7 Å². The highest BCUT2D eigenvalue weighted by Gasteiger charge is 2.24. The quantitative estimate of drug-likeness (QED) is 0.514. The van der Waals surface area contributed by atoms with Crippen molar-refractivity contribution in [1.29, 1.82) is 0 Å². The van der Waals surface area contributed by atoms with Crippen LogP contribution in [0.25, 0.3) is 0 Å². The number of carboxylic acids is 1. The van der Waals surface area contributed by atoms with Crippen LogP contribution >= 0.6 is 11.8 Å². The number of rotatable bonds is 12. The largest absolute Gasteiger partial charge is 0.478 e. The average Bonchev–Trinajstić information content (AvgIpc) is 2.58. The maximum atomic E-state index is 12.1. The van der Waals surface area contributed by atoms with Gasteiger partial charge in [0.05, 0.1) is 21.0 Å². The van der Waals surface area contributed by atoms with Crippen molar-refractivity contribution in [3.8, 4) is 0 Å². The van der Waals surface area contributed by atoms with Crippen LogP contribution in [-0.4, -0.2) is 38.3 Å². The molecule has 0 amide bonds. The predicted octanol–water partition coefficient (Wildman–Crippen LogP) is 3.94. The van der Waals surface area contributed by atoms with Gasteiger partial charge in [0.25, 0.3) is 0 Å². The van der Waals surface area contributed by atoms with Crippen LogP contribution in [0.2, 0.25) is 0 Å². The van der Waals surface area contributed by atoms with E-state index in [2.05, 4.69) is 18.7 Å². The van der Waals surface area contributed by atoms with E-state index in [9.17, 15) is 18.3 Å². The van der Waals surface area contributed by atoms with Crippen LogP contribution in [0.3, 0.4) is 0 Å². The monoisotopic (exact) mass is 402 g/mol. The molecule has 0 aliphatic heterocycles. The van der Waals surface area contributed by atoms with E-state index in [4.69, 9.17) is 5.14 Å². The molecule has 0 saturated carbocycles. The van der Waals surface area contributed by atoms with Gasteiger partial charge < -0.3 is 10.0 Å². The van der Waals surface area contributed by atoms with Crippen molar-refractivity contribution in [3.63, 3.8) is 0 Å². The SMILES string of the molecule is CCCCN(CCCC)c1cc(C(=O)O)cc(S(N)(=O)=O)c1SCCC. The maximum Gasteiger partial charge on any atom is 0.335 e. The Labute approximate surface area is 161 Å². The molecule has 148 valence electrons. The Morgan fingerprint density at radius 3 is 2.12 bits per heavy atom. The van der Waals surface area contributed by atoms with Crippen molar-refractivity contribution in [2.45, 2.75) is 62.7 Å². The molecule has 26 heavy (non-hydrogen) atoms. The third-order valence-electron chi connectivity index (χ3n) is 3.94. The van der Waals surface area contributed by atoms with Crippen LogP contribution in [0.4, 0.5) is 5.69 Å². The summed E-state index contributed by atoms with van der Waals surface area (Å²) in [7, 11) is -4.03. The average molecular weight is 403 g/mol. The number of carboxylic acid groups (broad SMARTS) is 1. The molecule has 0 aliphatic carbocycles. The first-order valence-corrected chi connectivity index (χ1v) is 11.6. The molecule has 0 heterocycles. The zero-order valence-electron chi connectivity index (χ0n) is 15.8. The summed E-state index contributed by atoms with van der Waals surface area (Å²) in [5.74, 6) is -0.425. The van der Waals surface area contributed by atoms with Crippen LogP contribution in [0.15, 0.2) is 21.9 Å². The number of unbranched alkanes of at least 4 members (excludes halogenated alkanes) is 2. The van der Waals surface area contributed by atoms with Crippen LogP contribution < -0.4 is 10.0 Å². The van der Waals surface area contributed by atoms with Crippen LogP contribution in [0, 0.1) is 0 Å². The van der Waals surface area contributed by atoms with Crippen LogP contribution in [0.5, 0.6) is 0 Å². The van der Waals surface area contributed by atoms with Gasteiger partial charge in [-0.2, -0.15) is 0 Å². The normalized spacial score (nSPS) is 11.5. The molecule has 1 rings (SSSR count). The molecule has 6 nitrogen and oxygen atoms in total. The Kier molecular flexibility index (Phi) is 9.46. The third kappa shape index (κ3) is 6.48. The van der Waals surface area contributed by atoms with E-state index in [0.717, 1.165) is 50.9 Å². The summed E-state index contributed by atoms with van der Waals surface area (Å²) in [5, 5.41) is 14.9. The molecule has 0 aliphatic rings. The molecule has 0 spiro atoms. The fourth-order valence-electron chi connectivity index (χ4n) is 2.56. The number of nitrogens with zero attached hydrogens (tertiary/aromatic N) is 1. The van der Waals surface area contributed by atoms with Gasteiger partial charge in [0.1, 0.15) is 0 Å². The number of hydrogen-bond acceptors (Lipinski definition) is 5. The minimum atomic E-state index is -4.03. The second-order valence-corrected chi connectivity index (χ2v) is 8.85. The van der Waals surface area contributed by atoms with Gasteiger partial charge >= 0.3 is 5.97 Å². The van der Waals surface area contributed by atoms with E-state index in [-0.39, 0.29) is 10.5 Å². The highest BCUT2D eigenvalue weighted by atomic mass is 32.2. The lowest BCUT2D eigenvalue weighted by Crippen LogP contribution is -2.27. The lowest BCUT2D eigenvalue weighted by Gasteiger charge is -2.28. The first kappa shape index (κ1) is 22.8. The molecule has 3 N–H and O–H groups in total. The van der Waals surface area contributed by atoms with Crippen molar-refractivity contribution in [3.05, 3.63) is 17.7 Å². The number of carbonyl (C=O) groups is 1. The molecular weight excluding hydrogens is 372 g/mol. The molecule has 0 atom stereocenters. The van der Waals surface area contributed by atoms with Crippen LogP contribution in [-0.2, 0) is 10.0 Å². The van der Waals surface area contributed by atoms with Gasteiger partial charge in [0.2, 0.25) is 10.0 Å².